The molecule has 0 fully saturated rings. The van der Waals surface area contributed by atoms with Crippen LogP contribution in [0.3, 0.4) is 0 Å². The zero-order chi connectivity index (χ0) is 15.6. The molecule has 0 unspecified atom stereocenters. The standard InChI is InChI=1S/C17H23N3O/c1-10(2)14-8-7-11(3)9-15(14)21-17-12(4)16(18-6)19-13(5)20-17/h7-10H,1-6H3,(H,18,19,20). The van der Waals surface area contributed by atoms with Gasteiger partial charge >= 0.3 is 0 Å². The number of ether oxygens (including phenoxy) is 1. The molecule has 0 saturated carbocycles. The second kappa shape index (κ2) is 6.12. The number of hydrogen-bond acceptors (Lipinski definition) is 4. The summed E-state index contributed by atoms with van der Waals surface area (Å²) in [5.41, 5.74) is 3.27. The van der Waals surface area contributed by atoms with E-state index in [0.717, 1.165) is 17.1 Å². The van der Waals surface area contributed by atoms with Crippen molar-refractivity contribution in [1.29, 1.82) is 0 Å². The molecule has 0 atom stereocenters. The van der Waals surface area contributed by atoms with Crippen LogP contribution in [0.25, 0.3) is 0 Å². The second-order valence-electron chi connectivity index (χ2n) is 5.60. The molecular formula is C17H23N3O. The molecule has 4 heteroatoms. The highest BCUT2D eigenvalue weighted by molar-refractivity contribution is 5.50. The van der Waals surface area contributed by atoms with Crippen LogP contribution in [-0.2, 0) is 0 Å². The molecule has 0 spiro atoms. The number of nitrogens with zero attached hydrogens (tertiary/aromatic N) is 2. The smallest absolute Gasteiger partial charge is 0.227 e. The fourth-order valence-electron chi connectivity index (χ4n) is 2.26. The van der Waals surface area contributed by atoms with Crippen LogP contribution in [0.5, 0.6) is 11.6 Å². The highest BCUT2D eigenvalue weighted by Crippen LogP contribution is 2.33. The summed E-state index contributed by atoms with van der Waals surface area (Å²) in [5.74, 6) is 3.37. The lowest BCUT2D eigenvalue weighted by atomic mass is 10.0. The summed E-state index contributed by atoms with van der Waals surface area (Å²) < 4.78 is 6.11. The van der Waals surface area contributed by atoms with Crippen molar-refractivity contribution in [2.45, 2.75) is 40.5 Å². The van der Waals surface area contributed by atoms with Crippen LogP contribution < -0.4 is 10.1 Å². The largest absolute Gasteiger partial charge is 0.438 e. The molecule has 0 amide bonds. The molecule has 0 bridgehead atoms. The van der Waals surface area contributed by atoms with E-state index >= 15 is 0 Å². The zero-order valence-corrected chi connectivity index (χ0v) is 13.6. The summed E-state index contributed by atoms with van der Waals surface area (Å²) in [6.45, 7) is 10.2. The van der Waals surface area contributed by atoms with E-state index in [4.69, 9.17) is 4.74 Å². The number of rotatable bonds is 4. The molecule has 1 heterocycles. The third kappa shape index (κ3) is 3.32. The molecule has 4 nitrogen and oxygen atoms in total. The van der Waals surface area contributed by atoms with Gasteiger partial charge in [-0.1, -0.05) is 26.0 Å². The van der Waals surface area contributed by atoms with Crippen LogP contribution in [0.15, 0.2) is 18.2 Å². The molecule has 0 aliphatic rings. The zero-order valence-electron chi connectivity index (χ0n) is 13.6. The van der Waals surface area contributed by atoms with E-state index in [1.807, 2.05) is 20.9 Å². The van der Waals surface area contributed by atoms with Gasteiger partial charge < -0.3 is 10.1 Å². The van der Waals surface area contributed by atoms with Crippen molar-refractivity contribution >= 4 is 5.82 Å². The molecule has 0 saturated heterocycles. The Morgan fingerprint density at radius 1 is 1.10 bits per heavy atom. The van der Waals surface area contributed by atoms with Gasteiger partial charge in [0.2, 0.25) is 5.88 Å². The third-order valence-electron chi connectivity index (χ3n) is 3.45. The van der Waals surface area contributed by atoms with Crippen molar-refractivity contribution < 1.29 is 4.74 Å². The first-order valence-corrected chi connectivity index (χ1v) is 7.23. The maximum Gasteiger partial charge on any atom is 0.227 e. The lowest BCUT2D eigenvalue weighted by Crippen LogP contribution is -2.04. The predicted molar refractivity (Wildman–Crippen MR) is 86.4 cm³/mol. The SMILES string of the molecule is CNc1nc(C)nc(Oc2cc(C)ccc2C(C)C)c1C. The van der Waals surface area contributed by atoms with Crippen LogP contribution in [0.2, 0.25) is 0 Å². The molecule has 112 valence electrons. The first kappa shape index (κ1) is 15.3. The Morgan fingerprint density at radius 3 is 2.43 bits per heavy atom. The van der Waals surface area contributed by atoms with Crippen molar-refractivity contribution in [3.8, 4) is 11.6 Å². The fraction of sp³-hybridized carbons (Fsp3) is 0.412. The predicted octanol–water partition coefficient (Wildman–Crippen LogP) is 4.36. The Balaban J connectivity index is 2.47. The Kier molecular flexibility index (Phi) is 4.46. The molecule has 2 aromatic rings. The number of nitrogens with one attached hydrogen (secondary N) is 1. The fourth-order valence-corrected chi connectivity index (χ4v) is 2.26. The summed E-state index contributed by atoms with van der Waals surface area (Å²) in [7, 11) is 1.85. The Hall–Kier alpha value is -2.10. The molecule has 21 heavy (non-hydrogen) atoms. The summed E-state index contributed by atoms with van der Waals surface area (Å²) in [6, 6.07) is 6.29. The van der Waals surface area contributed by atoms with E-state index in [1.54, 1.807) is 0 Å². The summed E-state index contributed by atoms with van der Waals surface area (Å²) in [5, 5.41) is 3.08. The topological polar surface area (TPSA) is 47.0 Å². The lowest BCUT2D eigenvalue weighted by molar-refractivity contribution is 0.447. The number of aryl methyl sites for hydroxylation is 2. The van der Waals surface area contributed by atoms with Crippen molar-refractivity contribution in [3.05, 3.63) is 40.7 Å². The van der Waals surface area contributed by atoms with Crippen molar-refractivity contribution in [2.24, 2.45) is 0 Å². The minimum atomic E-state index is 0.396. The van der Waals surface area contributed by atoms with Gasteiger partial charge in [0.1, 0.15) is 17.4 Å². The second-order valence-corrected chi connectivity index (χ2v) is 5.60. The molecule has 0 aliphatic carbocycles. The van der Waals surface area contributed by atoms with Crippen molar-refractivity contribution in [1.82, 2.24) is 9.97 Å². The van der Waals surface area contributed by atoms with Gasteiger partial charge in [-0.3, -0.25) is 0 Å². The third-order valence-corrected chi connectivity index (χ3v) is 3.45. The monoisotopic (exact) mass is 285 g/mol. The lowest BCUT2D eigenvalue weighted by Gasteiger charge is -2.16. The molecule has 1 aromatic heterocycles. The minimum absolute atomic E-state index is 0.396. The average molecular weight is 285 g/mol. The maximum absolute atomic E-state index is 6.11. The number of aromatic nitrogens is 2. The van der Waals surface area contributed by atoms with Crippen LogP contribution in [0, 0.1) is 20.8 Å². The first-order valence-electron chi connectivity index (χ1n) is 7.23. The highest BCUT2D eigenvalue weighted by Gasteiger charge is 2.14. The minimum Gasteiger partial charge on any atom is -0.438 e. The molecule has 0 aliphatic heterocycles. The Labute approximate surface area is 126 Å². The number of benzene rings is 1. The molecule has 1 N–H and O–H groups in total. The van der Waals surface area contributed by atoms with Gasteiger partial charge in [-0.15, -0.1) is 0 Å². The van der Waals surface area contributed by atoms with Gasteiger partial charge in [0.05, 0.1) is 5.56 Å². The van der Waals surface area contributed by atoms with E-state index in [-0.39, 0.29) is 0 Å². The normalized spacial score (nSPS) is 10.8. The number of anilines is 1. The van der Waals surface area contributed by atoms with E-state index in [9.17, 15) is 0 Å². The van der Waals surface area contributed by atoms with Gasteiger partial charge in [-0.25, -0.2) is 4.98 Å². The van der Waals surface area contributed by atoms with Gasteiger partial charge in [0, 0.05) is 7.05 Å². The van der Waals surface area contributed by atoms with Gasteiger partial charge in [-0.2, -0.15) is 4.98 Å². The molecule has 0 radical (unpaired) electrons. The molecular weight excluding hydrogens is 262 g/mol. The van der Waals surface area contributed by atoms with E-state index < -0.39 is 0 Å². The highest BCUT2D eigenvalue weighted by atomic mass is 16.5. The summed E-state index contributed by atoms with van der Waals surface area (Å²) in [4.78, 5) is 8.80. The number of hydrogen-bond donors (Lipinski definition) is 1. The van der Waals surface area contributed by atoms with E-state index in [0.29, 0.717) is 17.6 Å². The Morgan fingerprint density at radius 2 is 1.81 bits per heavy atom. The van der Waals surface area contributed by atoms with E-state index in [1.165, 1.54) is 11.1 Å². The summed E-state index contributed by atoms with van der Waals surface area (Å²) >= 11 is 0. The van der Waals surface area contributed by atoms with Crippen LogP contribution in [0.1, 0.15) is 42.3 Å². The van der Waals surface area contributed by atoms with Gasteiger partial charge in [-0.05, 0) is 43.9 Å². The van der Waals surface area contributed by atoms with Crippen LogP contribution in [-0.4, -0.2) is 17.0 Å². The average Bonchev–Trinajstić information content (AvgIpc) is 2.42. The quantitative estimate of drug-likeness (QED) is 0.906. The van der Waals surface area contributed by atoms with Crippen molar-refractivity contribution in [3.63, 3.8) is 0 Å². The maximum atomic E-state index is 6.11. The van der Waals surface area contributed by atoms with Crippen molar-refractivity contribution in [2.75, 3.05) is 12.4 Å². The van der Waals surface area contributed by atoms with Gasteiger partial charge in [0.15, 0.2) is 0 Å². The molecule has 1 aromatic carbocycles. The summed E-state index contributed by atoms with van der Waals surface area (Å²) in [6.07, 6.45) is 0. The van der Waals surface area contributed by atoms with Gasteiger partial charge in [0.25, 0.3) is 0 Å². The van der Waals surface area contributed by atoms with Crippen LogP contribution in [0.4, 0.5) is 5.82 Å². The van der Waals surface area contributed by atoms with E-state index in [2.05, 4.69) is 54.3 Å². The Bertz CT molecular complexity index is 651. The van der Waals surface area contributed by atoms with Crippen LogP contribution >= 0.6 is 0 Å². The molecule has 2 rings (SSSR count). The first-order chi connectivity index (χ1) is 9.92.